The van der Waals surface area contributed by atoms with Crippen LogP contribution in [-0.4, -0.2) is 0 Å². The highest BCUT2D eigenvalue weighted by molar-refractivity contribution is 4.61. The summed E-state index contributed by atoms with van der Waals surface area (Å²) in [6.07, 6.45) is 2.38. The fraction of sp³-hybridized carbons (Fsp3) is 0.500. The summed E-state index contributed by atoms with van der Waals surface area (Å²) in [6.45, 7) is 7.07. The zero-order chi connectivity index (χ0) is 6.12. The first kappa shape index (κ1) is 24.2. The van der Waals surface area contributed by atoms with Gasteiger partial charge in [0.2, 0.25) is 0 Å². The lowest BCUT2D eigenvalue weighted by Gasteiger charge is -1.47. The van der Waals surface area contributed by atoms with Gasteiger partial charge in [-0.25, -0.2) is 0 Å². The minimum absolute atomic E-state index is 0. The molecule has 0 atom stereocenters. The number of rotatable bonds is 0. The second-order valence-corrected chi connectivity index (χ2v) is 0.920. The second-order valence-electron chi connectivity index (χ2n) is 0.920. The summed E-state index contributed by atoms with van der Waals surface area (Å²) in [7, 11) is 0. The molecule has 0 aliphatic rings. The van der Waals surface area contributed by atoms with Crippen LogP contribution in [0.15, 0.2) is 12.7 Å². The molecule has 0 aromatic carbocycles. The van der Waals surface area contributed by atoms with Crippen molar-refractivity contribution in [1.29, 1.82) is 5.26 Å². The number of allylic oxidation sites excluding steroid dienone is 1. The molecule has 0 radical (unpaired) electrons. The van der Waals surface area contributed by atoms with Crippen LogP contribution in [0.1, 0.15) is 20.3 Å². The van der Waals surface area contributed by atoms with Gasteiger partial charge in [0.05, 0.1) is 6.07 Å². The van der Waals surface area contributed by atoms with E-state index in [2.05, 4.69) is 6.58 Å². The van der Waals surface area contributed by atoms with Crippen molar-refractivity contribution in [2.24, 2.45) is 0 Å². The van der Waals surface area contributed by atoms with E-state index in [-0.39, 0.29) is 12.3 Å². The third-order valence-corrected chi connectivity index (χ3v) is 0.158. The third kappa shape index (κ3) is 8430. The maximum Gasteiger partial charge on any atom is 0.0618 e. The summed E-state index contributed by atoms with van der Waals surface area (Å²) in [5, 5.41) is 7.62. The fourth-order valence-electron chi connectivity index (χ4n) is 0. The number of hydrogen-bond acceptors (Lipinski definition) is 3. The van der Waals surface area contributed by atoms with Gasteiger partial charge in [0.25, 0.3) is 0 Å². The third-order valence-electron chi connectivity index (χ3n) is 0.158. The first-order valence-corrected chi connectivity index (χ1v) is 2.27. The van der Waals surface area contributed by atoms with Crippen LogP contribution in [-0.2, 0) is 0 Å². The number of nitriles is 1. The van der Waals surface area contributed by atoms with Gasteiger partial charge < -0.3 is 12.3 Å². The molecule has 0 fully saturated rings. The van der Waals surface area contributed by atoms with Crippen molar-refractivity contribution < 1.29 is 0 Å². The molecule has 0 aromatic heterocycles. The van der Waals surface area contributed by atoms with E-state index in [4.69, 9.17) is 5.26 Å². The summed E-state index contributed by atoms with van der Waals surface area (Å²) in [4.78, 5) is 0. The van der Waals surface area contributed by atoms with E-state index in [1.807, 2.05) is 19.9 Å². The Hall–Kier alpha value is -0.850. The molecule has 0 bridgehead atoms. The molecule has 0 saturated heterocycles. The van der Waals surface area contributed by atoms with Crippen LogP contribution < -0.4 is 12.3 Å². The average Bonchev–Trinajstić information content (AvgIpc) is 1.69. The fourth-order valence-corrected chi connectivity index (χ4v) is 0. The topological polar surface area (TPSA) is 93.8 Å². The predicted octanol–water partition coefficient (Wildman–Crippen LogP) is 2.44. The number of hydrogen-bond donors (Lipinski definition) is 2. The Morgan fingerprint density at radius 1 is 1.56 bits per heavy atom. The summed E-state index contributed by atoms with van der Waals surface area (Å²) in [5.41, 5.74) is 0. The largest absolute Gasteiger partial charge is 0.344 e. The molecule has 0 unspecified atom stereocenters. The van der Waals surface area contributed by atoms with E-state index in [0.717, 1.165) is 0 Å². The zero-order valence-electron chi connectivity index (χ0n) is 6.35. The maximum absolute atomic E-state index is 7.62. The molecule has 0 spiro atoms. The summed E-state index contributed by atoms with van der Waals surface area (Å²) in [5.74, 6) is 0. The molecule has 3 heteroatoms. The standard InChI is InChI=1S/C3H5N.C3H6.2H3N/c1-2-3-4;1-3-2;;/h2H2,1H3;3H,1H2,2H3;2*1H3. The monoisotopic (exact) mass is 131 g/mol. The van der Waals surface area contributed by atoms with Crippen molar-refractivity contribution in [2.75, 3.05) is 0 Å². The lowest BCUT2D eigenvalue weighted by Crippen LogP contribution is -1.38. The molecule has 56 valence electrons. The van der Waals surface area contributed by atoms with Gasteiger partial charge in [-0.3, -0.25) is 0 Å². The van der Waals surface area contributed by atoms with Gasteiger partial charge in [-0.05, 0) is 6.92 Å². The summed E-state index contributed by atoms with van der Waals surface area (Å²) >= 11 is 0. The Morgan fingerprint density at radius 2 is 1.67 bits per heavy atom. The molecule has 0 aromatic rings. The van der Waals surface area contributed by atoms with Gasteiger partial charge in [0.1, 0.15) is 0 Å². The van der Waals surface area contributed by atoms with Gasteiger partial charge in [-0.1, -0.05) is 13.0 Å². The van der Waals surface area contributed by atoms with Crippen LogP contribution in [0.25, 0.3) is 0 Å². The molecule has 9 heavy (non-hydrogen) atoms. The van der Waals surface area contributed by atoms with Crippen molar-refractivity contribution in [3.8, 4) is 6.07 Å². The average molecular weight is 131 g/mol. The van der Waals surface area contributed by atoms with Crippen molar-refractivity contribution in [3.63, 3.8) is 0 Å². The highest BCUT2D eigenvalue weighted by atomic mass is 14.2. The van der Waals surface area contributed by atoms with E-state index in [9.17, 15) is 0 Å². The molecule has 0 rings (SSSR count). The van der Waals surface area contributed by atoms with Crippen molar-refractivity contribution in [1.82, 2.24) is 12.3 Å². The Kier molecular flexibility index (Phi) is 157. The number of nitrogens with zero attached hydrogens (tertiary/aromatic N) is 1. The van der Waals surface area contributed by atoms with Crippen LogP contribution in [0.5, 0.6) is 0 Å². The molecule has 6 N–H and O–H groups in total. The SMILES string of the molecule is C=CC.CCC#N.N.N. The van der Waals surface area contributed by atoms with Crippen LogP contribution in [0, 0.1) is 11.3 Å². The zero-order valence-corrected chi connectivity index (χ0v) is 6.35. The van der Waals surface area contributed by atoms with Gasteiger partial charge in [0.15, 0.2) is 0 Å². The van der Waals surface area contributed by atoms with Crippen LogP contribution in [0.2, 0.25) is 0 Å². The molecule has 0 aliphatic carbocycles. The van der Waals surface area contributed by atoms with Gasteiger partial charge in [-0.2, -0.15) is 5.26 Å². The Labute approximate surface area is 57.5 Å². The smallest absolute Gasteiger partial charge is 0.0618 e. The lowest BCUT2D eigenvalue weighted by molar-refractivity contribution is 1.22. The van der Waals surface area contributed by atoms with Crippen LogP contribution in [0.4, 0.5) is 0 Å². The van der Waals surface area contributed by atoms with E-state index in [0.29, 0.717) is 6.42 Å². The molecule has 0 amide bonds. The lowest BCUT2D eigenvalue weighted by atomic mass is 10.6. The van der Waals surface area contributed by atoms with Gasteiger partial charge in [0, 0.05) is 6.42 Å². The van der Waals surface area contributed by atoms with Crippen molar-refractivity contribution >= 4 is 0 Å². The second kappa shape index (κ2) is 58.5. The molecule has 0 heterocycles. The van der Waals surface area contributed by atoms with E-state index in [1.165, 1.54) is 0 Å². The highest BCUT2D eigenvalue weighted by Crippen LogP contribution is 1.58. The first-order valence-electron chi connectivity index (χ1n) is 2.27. The minimum atomic E-state index is 0. The molecule has 0 saturated carbocycles. The van der Waals surface area contributed by atoms with E-state index >= 15 is 0 Å². The molecular weight excluding hydrogens is 114 g/mol. The van der Waals surface area contributed by atoms with Crippen molar-refractivity contribution in [3.05, 3.63) is 12.7 Å². The van der Waals surface area contributed by atoms with Gasteiger partial charge in [-0.15, -0.1) is 6.58 Å². The first-order chi connectivity index (χ1) is 3.33. The molecular formula is C6H17N3. The normalized spacial score (nSPS) is 3.67. The summed E-state index contributed by atoms with van der Waals surface area (Å²) in [6, 6.07) is 1.93. The Morgan fingerprint density at radius 3 is 1.67 bits per heavy atom. The van der Waals surface area contributed by atoms with E-state index in [1.54, 1.807) is 6.08 Å². The van der Waals surface area contributed by atoms with Crippen molar-refractivity contribution in [2.45, 2.75) is 20.3 Å². The molecule has 3 nitrogen and oxygen atoms in total. The highest BCUT2D eigenvalue weighted by Gasteiger charge is 1.49. The molecule has 0 aliphatic heterocycles. The van der Waals surface area contributed by atoms with Gasteiger partial charge >= 0.3 is 0 Å². The maximum atomic E-state index is 7.62. The van der Waals surface area contributed by atoms with Crippen LogP contribution >= 0.6 is 0 Å². The Balaban J connectivity index is -0.0000000233. The Bertz CT molecular complexity index is 63.2. The van der Waals surface area contributed by atoms with E-state index < -0.39 is 0 Å². The minimum Gasteiger partial charge on any atom is -0.344 e. The quantitative estimate of drug-likeness (QED) is 0.494. The predicted molar refractivity (Wildman–Crippen MR) is 41.8 cm³/mol. The van der Waals surface area contributed by atoms with Crippen LogP contribution in [0.3, 0.4) is 0 Å². The summed E-state index contributed by atoms with van der Waals surface area (Å²) < 4.78 is 0.